The standard InChI is InChI=1S/C28H22N2O4S/c1-16-12-20(17(2)30-22-11-7-6-10-19(22)28(32)33)27-21(13-16)25(31)24(23-14-29-15-35-23)26(34-27)18-8-4-3-5-9-18/h3-15,17,30H,1-2H3,(H,32,33). The molecule has 0 fully saturated rings. The molecule has 0 bridgehead atoms. The highest BCUT2D eigenvalue weighted by Gasteiger charge is 2.23. The fourth-order valence-electron chi connectivity index (χ4n) is 4.26. The molecule has 35 heavy (non-hydrogen) atoms. The summed E-state index contributed by atoms with van der Waals surface area (Å²) < 4.78 is 6.53. The number of carboxylic acids is 1. The number of aryl methyl sites for hydroxylation is 1. The lowest BCUT2D eigenvalue weighted by Crippen LogP contribution is -2.13. The highest BCUT2D eigenvalue weighted by molar-refractivity contribution is 7.13. The number of hydrogen-bond donors (Lipinski definition) is 2. The molecule has 1 unspecified atom stereocenters. The van der Waals surface area contributed by atoms with Gasteiger partial charge in [-0.1, -0.05) is 48.5 Å². The normalized spacial score (nSPS) is 11.9. The van der Waals surface area contributed by atoms with Crippen LogP contribution in [0, 0.1) is 6.92 Å². The van der Waals surface area contributed by atoms with Gasteiger partial charge in [-0.15, -0.1) is 11.3 Å². The summed E-state index contributed by atoms with van der Waals surface area (Å²) in [6.07, 6.45) is 1.68. The van der Waals surface area contributed by atoms with Gasteiger partial charge in [-0.2, -0.15) is 0 Å². The molecule has 5 rings (SSSR count). The molecule has 3 aromatic carbocycles. The van der Waals surface area contributed by atoms with Gasteiger partial charge in [0.1, 0.15) is 11.3 Å². The number of carboxylic acid groups (broad SMARTS) is 1. The number of nitrogens with one attached hydrogen (secondary N) is 1. The van der Waals surface area contributed by atoms with E-state index in [1.54, 1.807) is 36.0 Å². The van der Waals surface area contributed by atoms with Crippen LogP contribution in [0.5, 0.6) is 0 Å². The molecule has 2 N–H and O–H groups in total. The fraction of sp³-hybridized carbons (Fsp3) is 0.107. The SMILES string of the molecule is Cc1cc(C(C)Nc2ccccc2C(=O)O)c2oc(-c3ccccc3)c(-c3cncs3)c(=O)c2c1. The Labute approximate surface area is 205 Å². The van der Waals surface area contributed by atoms with E-state index in [4.69, 9.17) is 4.42 Å². The summed E-state index contributed by atoms with van der Waals surface area (Å²) in [5.41, 5.74) is 5.66. The number of fused-ring (bicyclic) bond motifs is 1. The minimum Gasteiger partial charge on any atom is -0.478 e. The van der Waals surface area contributed by atoms with Crippen LogP contribution in [0.4, 0.5) is 5.69 Å². The smallest absolute Gasteiger partial charge is 0.337 e. The van der Waals surface area contributed by atoms with Crippen molar-refractivity contribution < 1.29 is 14.3 Å². The first-order valence-electron chi connectivity index (χ1n) is 11.1. The number of rotatable bonds is 6. The van der Waals surface area contributed by atoms with Crippen LogP contribution in [0.2, 0.25) is 0 Å². The van der Waals surface area contributed by atoms with Crippen LogP contribution in [0.15, 0.2) is 87.6 Å². The number of carbonyl (C=O) groups is 1. The van der Waals surface area contributed by atoms with Crippen molar-refractivity contribution in [3.63, 3.8) is 0 Å². The minimum atomic E-state index is -1.01. The maximum atomic E-state index is 13.9. The van der Waals surface area contributed by atoms with Crippen LogP contribution in [-0.2, 0) is 0 Å². The van der Waals surface area contributed by atoms with Crippen LogP contribution in [0.1, 0.15) is 34.5 Å². The van der Waals surface area contributed by atoms with Gasteiger partial charge >= 0.3 is 5.97 Å². The Morgan fingerprint density at radius 1 is 1.09 bits per heavy atom. The van der Waals surface area contributed by atoms with Crippen molar-refractivity contribution in [1.29, 1.82) is 0 Å². The van der Waals surface area contributed by atoms with Crippen molar-refractivity contribution in [2.45, 2.75) is 19.9 Å². The molecule has 1 atom stereocenters. The summed E-state index contributed by atoms with van der Waals surface area (Å²) in [7, 11) is 0. The number of anilines is 1. The number of aromatic nitrogens is 1. The highest BCUT2D eigenvalue weighted by atomic mass is 32.1. The third-order valence-corrected chi connectivity index (χ3v) is 6.67. The Balaban J connectivity index is 1.74. The number of thiazole rings is 1. The second kappa shape index (κ2) is 9.19. The first-order chi connectivity index (χ1) is 16.9. The summed E-state index contributed by atoms with van der Waals surface area (Å²) in [4.78, 5) is 30.5. The maximum absolute atomic E-state index is 13.9. The van der Waals surface area contributed by atoms with Crippen LogP contribution in [-0.4, -0.2) is 16.1 Å². The summed E-state index contributed by atoms with van der Waals surface area (Å²) in [6.45, 7) is 3.85. The van der Waals surface area contributed by atoms with E-state index in [-0.39, 0.29) is 17.0 Å². The molecule has 0 amide bonds. The lowest BCUT2D eigenvalue weighted by atomic mass is 9.98. The average molecular weight is 483 g/mol. The molecular weight excluding hydrogens is 460 g/mol. The Morgan fingerprint density at radius 3 is 2.54 bits per heavy atom. The average Bonchev–Trinajstić information content (AvgIpc) is 3.39. The zero-order valence-corrected chi connectivity index (χ0v) is 19.9. The van der Waals surface area contributed by atoms with Crippen LogP contribution < -0.4 is 10.7 Å². The Hall–Kier alpha value is -4.23. The molecule has 0 aliphatic carbocycles. The maximum Gasteiger partial charge on any atom is 0.337 e. The van der Waals surface area contributed by atoms with Gasteiger partial charge in [0.15, 0.2) is 0 Å². The Kier molecular flexibility index (Phi) is 5.93. The van der Waals surface area contributed by atoms with E-state index in [0.717, 1.165) is 21.6 Å². The van der Waals surface area contributed by atoms with E-state index in [9.17, 15) is 14.7 Å². The number of aromatic carboxylic acids is 1. The molecule has 174 valence electrons. The molecule has 0 aliphatic heterocycles. The second-order valence-electron chi connectivity index (χ2n) is 8.31. The summed E-state index contributed by atoms with van der Waals surface area (Å²) in [5.74, 6) is -0.530. The molecule has 7 heteroatoms. The Bertz CT molecular complexity index is 1590. The molecule has 0 radical (unpaired) electrons. The second-order valence-corrected chi connectivity index (χ2v) is 9.20. The molecule has 0 aliphatic rings. The Morgan fingerprint density at radius 2 is 1.83 bits per heavy atom. The minimum absolute atomic E-state index is 0.127. The molecule has 2 aromatic heterocycles. The van der Waals surface area contributed by atoms with E-state index < -0.39 is 5.97 Å². The number of para-hydroxylation sites is 1. The van der Waals surface area contributed by atoms with Crippen LogP contribution in [0.25, 0.3) is 32.7 Å². The first kappa shape index (κ1) is 22.6. The zero-order chi connectivity index (χ0) is 24.5. The third-order valence-electron chi connectivity index (χ3n) is 5.88. The van der Waals surface area contributed by atoms with E-state index in [2.05, 4.69) is 10.3 Å². The lowest BCUT2D eigenvalue weighted by molar-refractivity contribution is 0.0698. The van der Waals surface area contributed by atoms with Gasteiger partial charge < -0.3 is 14.8 Å². The van der Waals surface area contributed by atoms with E-state index in [1.807, 2.05) is 56.3 Å². The quantitative estimate of drug-likeness (QED) is 0.278. The summed E-state index contributed by atoms with van der Waals surface area (Å²) in [6, 6.07) is 19.8. The summed E-state index contributed by atoms with van der Waals surface area (Å²) >= 11 is 1.39. The van der Waals surface area contributed by atoms with Crippen molar-refractivity contribution in [3.8, 4) is 21.8 Å². The highest BCUT2D eigenvalue weighted by Crippen LogP contribution is 2.37. The van der Waals surface area contributed by atoms with E-state index in [1.165, 1.54) is 11.3 Å². The van der Waals surface area contributed by atoms with Crippen molar-refractivity contribution in [2.75, 3.05) is 5.32 Å². The van der Waals surface area contributed by atoms with Crippen LogP contribution in [0.3, 0.4) is 0 Å². The van der Waals surface area contributed by atoms with Gasteiger partial charge in [0.25, 0.3) is 0 Å². The monoisotopic (exact) mass is 482 g/mol. The van der Waals surface area contributed by atoms with E-state index in [0.29, 0.717) is 28.0 Å². The van der Waals surface area contributed by atoms with Gasteiger partial charge in [0.05, 0.1) is 32.9 Å². The predicted molar refractivity (Wildman–Crippen MR) is 139 cm³/mol. The number of benzene rings is 3. The summed E-state index contributed by atoms with van der Waals surface area (Å²) in [5, 5.41) is 13.4. The van der Waals surface area contributed by atoms with E-state index >= 15 is 0 Å². The van der Waals surface area contributed by atoms with Crippen molar-refractivity contribution >= 4 is 34.0 Å². The third kappa shape index (κ3) is 4.22. The lowest BCUT2D eigenvalue weighted by Gasteiger charge is -2.20. The van der Waals surface area contributed by atoms with Gasteiger partial charge in [-0.05, 0) is 37.6 Å². The number of nitrogens with zero attached hydrogens (tertiary/aromatic N) is 1. The van der Waals surface area contributed by atoms with Crippen molar-refractivity contribution in [1.82, 2.24) is 4.98 Å². The van der Waals surface area contributed by atoms with Crippen molar-refractivity contribution in [3.05, 3.63) is 105 Å². The van der Waals surface area contributed by atoms with Gasteiger partial charge in [-0.3, -0.25) is 9.78 Å². The predicted octanol–water partition coefficient (Wildman–Crippen LogP) is 6.76. The van der Waals surface area contributed by atoms with Gasteiger partial charge in [0.2, 0.25) is 5.43 Å². The molecule has 0 saturated carbocycles. The molecule has 0 saturated heterocycles. The molecule has 0 spiro atoms. The number of hydrogen-bond acceptors (Lipinski definition) is 6. The van der Waals surface area contributed by atoms with Gasteiger partial charge in [0, 0.05) is 23.0 Å². The molecule has 6 nitrogen and oxygen atoms in total. The molecule has 2 heterocycles. The fourth-order valence-corrected chi connectivity index (χ4v) is 4.92. The van der Waals surface area contributed by atoms with Crippen molar-refractivity contribution in [2.24, 2.45) is 0 Å². The van der Waals surface area contributed by atoms with Crippen LogP contribution >= 0.6 is 11.3 Å². The topological polar surface area (TPSA) is 92.4 Å². The molecular formula is C28H22N2O4S. The molecule has 5 aromatic rings. The zero-order valence-electron chi connectivity index (χ0n) is 19.1. The van der Waals surface area contributed by atoms with Gasteiger partial charge in [-0.25, -0.2) is 4.79 Å². The first-order valence-corrected chi connectivity index (χ1v) is 12.0. The largest absolute Gasteiger partial charge is 0.478 e.